The highest BCUT2D eigenvalue weighted by atomic mass is 16.5. The molecule has 4 nitrogen and oxygen atoms in total. The summed E-state index contributed by atoms with van der Waals surface area (Å²) in [6, 6.07) is 5.68. The highest BCUT2D eigenvalue weighted by Crippen LogP contribution is 2.18. The van der Waals surface area contributed by atoms with E-state index < -0.39 is 0 Å². The number of aliphatic hydroxyl groups is 1. The van der Waals surface area contributed by atoms with Crippen LogP contribution in [0.4, 0.5) is 5.69 Å². The summed E-state index contributed by atoms with van der Waals surface area (Å²) in [4.78, 5) is 12.0. The molecule has 1 aromatic rings. The Bertz CT molecular complexity index is 536. The molecule has 0 aliphatic carbocycles. The predicted molar refractivity (Wildman–Crippen MR) is 77.3 cm³/mol. The van der Waals surface area contributed by atoms with Crippen LogP contribution < -0.4 is 5.32 Å². The minimum Gasteiger partial charge on any atom is -0.395 e. The van der Waals surface area contributed by atoms with Gasteiger partial charge in [-0.1, -0.05) is 17.9 Å². The predicted octanol–water partition coefficient (Wildman–Crippen LogP) is 1.70. The number of hydrogen-bond acceptors (Lipinski definition) is 3. The van der Waals surface area contributed by atoms with Gasteiger partial charge >= 0.3 is 0 Å². The number of carbonyl (C=O) groups is 1. The summed E-state index contributed by atoms with van der Waals surface area (Å²) in [5, 5.41) is 11.6. The van der Waals surface area contributed by atoms with Gasteiger partial charge in [0.25, 0.3) is 0 Å². The highest BCUT2D eigenvalue weighted by molar-refractivity contribution is 5.93. The number of amides is 1. The number of aryl methyl sites for hydroxylation is 1. The van der Waals surface area contributed by atoms with Gasteiger partial charge in [0.15, 0.2) is 0 Å². The molecule has 1 saturated heterocycles. The zero-order chi connectivity index (χ0) is 14.4. The van der Waals surface area contributed by atoms with E-state index >= 15 is 0 Å². The van der Waals surface area contributed by atoms with Gasteiger partial charge in [0.1, 0.15) is 0 Å². The zero-order valence-electron chi connectivity index (χ0n) is 11.6. The summed E-state index contributed by atoms with van der Waals surface area (Å²) >= 11 is 0. The molecule has 1 atom stereocenters. The van der Waals surface area contributed by atoms with Gasteiger partial charge in [-0.3, -0.25) is 4.79 Å². The van der Waals surface area contributed by atoms with Crippen molar-refractivity contribution in [2.24, 2.45) is 5.92 Å². The van der Waals surface area contributed by atoms with E-state index in [9.17, 15) is 4.79 Å². The number of aliphatic hydroxyl groups excluding tert-OH is 1. The molecule has 1 aliphatic heterocycles. The molecule has 0 bridgehead atoms. The molecule has 0 aromatic heterocycles. The molecule has 0 spiro atoms. The van der Waals surface area contributed by atoms with Crippen LogP contribution >= 0.6 is 0 Å². The van der Waals surface area contributed by atoms with Crippen molar-refractivity contribution in [2.45, 2.75) is 19.8 Å². The van der Waals surface area contributed by atoms with E-state index in [1.807, 2.05) is 25.1 Å². The van der Waals surface area contributed by atoms with Crippen LogP contribution in [0.25, 0.3) is 0 Å². The smallest absolute Gasteiger partial charge is 0.229 e. The molecule has 2 N–H and O–H groups in total. The number of carbonyl (C=O) groups excluding carboxylic acids is 1. The number of benzene rings is 1. The third kappa shape index (κ3) is 3.83. The Hall–Kier alpha value is -1.83. The Kier molecular flexibility index (Phi) is 5.16. The first-order valence-electron chi connectivity index (χ1n) is 6.79. The first-order valence-corrected chi connectivity index (χ1v) is 6.79. The number of nitrogens with one attached hydrogen (secondary N) is 1. The topological polar surface area (TPSA) is 58.6 Å². The zero-order valence-corrected chi connectivity index (χ0v) is 11.6. The minimum absolute atomic E-state index is 0.000574. The van der Waals surface area contributed by atoms with Gasteiger partial charge in [-0.15, -0.1) is 0 Å². The van der Waals surface area contributed by atoms with E-state index in [1.165, 1.54) is 0 Å². The molecular weight excluding hydrogens is 254 g/mol. The van der Waals surface area contributed by atoms with Gasteiger partial charge in [-0.25, -0.2) is 0 Å². The molecule has 4 heteroatoms. The molecular formula is C16H19NO3. The molecule has 1 heterocycles. The van der Waals surface area contributed by atoms with Crippen LogP contribution in [0.1, 0.15) is 24.0 Å². The lowest BCUT2D eigenvalue weighted by atomic mass is 10.1. The average molecular weight is 273 g/mol. The number of anilines is 1. The van der Waals surface area contributed by atoms with Crippen LogP contribution in [0.15, 0.2) is 18.2 Å². The monoisotopic (exact) mass is 273 g/mol. The van der Waals surface area contributed by atoms with Crippen molar-refractivity contribution >= 4 is 11.6 Å². The Morgan fingerprint density at radius 3 is 3.10 bits per heavy atom. The number of rotatable bonds is 3. The normalized spacial score (nSPS) is 17.4. The third-order valence-corrected chi connectivity index (χ3v) is 3.27. The lowest BCUT2D eigenvalue weighted by Crippen LogP contribution is -2.22. The largest absolute Gasteiger partial charge is 0.395 e. The van der Waals surface area contributed by atoms with Crippen LogP contribution in [0.5, 0.6) is 0 Å². The van der Waals surface area contributed by atoms with Crippen molar-refractivity contribution in [3.05, 3.63) is 29.3 Å². The summed E-state index contributed by atoms with van der Waals surface area (Å²) < 4.78 is 5.22. The van der Waals surface area contributed by atoms with Crippen molar-refractivity contribution < 1.29 is 14.6 Å². The summed E-state index contributed by atoms with van der Waals surface area (Å²) in [5.41, 5.74) is 2.68. The molecule has 1 amide bonds. The molecule has 106 valence electrons. The maximum atomic E-state index is 12.0. The Balaban J connectivity index is 2.07. The third-order valence-electron chi connectivity index (χ3n) is 3.27. The summed E-state index contributed by atoms with van der Waals surface area (Å²) in [5.74, 6) is 5.85. The van der Waals surface area contributed by atoms with Crippen LogP contribution in [0.3, 0.4) is 0 Å². The molecule has 0 radical (unpaired) electrons. The minimum atomic E-state index is -0.0553. The summed E-state index contributed by atoms with van der Waals surface area (Å²) in [7, 11) is 0. The van der Waals surface area contributed by atoms with Crippen molar-refractivity contribution in [1.29, 1.82) is 0 Å². The molecule has 1 aromatic carbocycles. The second-order valence-electron chi connectivity index (χ2n) is 4.85. The fraction of sp³-hybridized carbons (Fsp3) is 0.438. The summed E-state index contributed by atoms with van der Waals surface area (Å²) in [6.07, 6.45) is 1.23. The quantitative estimate of drug-likeness (QED) is 0.824. The van der Waals surface area contributed by atoms with Crippen molar-refractivity contribution in [3.63, 3.8) is 0 Å². The van der Waals surface area contributed by atoms with E-state index in [1.54, 1.807) is 0 Å². The first kappa shape index (κ1) is 14.6. The van der Waals surface area contributed by atoms with E-state index in [4.69, 9.17) is 9.84 Å². The lowest BCUT2D eigenvalue weighted by Gasteiger charge is -2.10. The van der Waals surface area contributed by atoms with Gasteiger partial charge in [0, 0.05) is 24.3 Å². The van der Waals surface area contributed by atoms with E-state index in [0.29, 0.717) is 19.6 Å². The van der Waals surface area contributed by atoms with E-state index in [0.717, 1.165) is 23.2 Å². The van der Waals surface area contributed by atoms with Gasteiger partial charge < -0.3 is 15.2 Å². The van der Waals surface area contributed by atoms with E-state index in [-0.39, 0.29) is 18.4 Å². The maximum Gasteiger partial charge on any atom is 0.229 e. The second kappa shape index (κ2) is 7.09. The molecule has 1 fully saturated rings. The van der Waals surface area contributed by atoms with Gasteiger partial charge in [0.2, 0.25) is 5.91 Å². The first-order chi connectivity index (χ1) is 9.70. The Labute approximate surface area is 119 Å². The fourth-order valence-electron chi connectivity index (χ4n) is 2.03. The Morgan fingerprint density at radius 1 is 1.55 bits per heavy atom. The van der Waals surface area contributed by atoms with Gasteiger partial charge in [0.05, 0.1) is 19.1 Å². The lowest BCUT2D eigenvalue weighted by molar-refractivity contribution is -0.119. The van der Waals surface area contributed by atoms with Gasteiger partial charge in [-0.05, 0) is 31.0 Å². The second-order valence-corrected chi connectivity index (χ2v) is 4.85. The van der Waals surface area contributed by atoms with Crippen molar-refractivity contribution in [1.82, 2.24) is 0 Å². The fourth-order valence-corrected chi connectivity index (χ4v) is 2.03. The Morgan fingerprint density at radius 2 is 2.40 bits per heavy atom. The molecule has 2 rings (SSSR count). The highest BCUT2D eigenvalue weighted by Gasteiger charge is 2.23. The summed E-state index contributed by atoms with van der Waals surface area (Å²) in [6.45, 7) is 3.19. The van der Waals surface area contributed by atoms with Crippen LogP contribution in [-0.2, 0) is 9.53 Å². The van der Waals surface area contributed by atoms with Crippen molar-refractivity contribution in [3.8, 4) is 11.8 Å². The van der Waals surface area contributed by atoms with Crippen molar-refractivity contribution in [2.75, 3.05) is 25.1 Å². The average Bonchev–Trinajstić information content (AvgIpc) is 2.96. The molecule has 1 aliphatic rings. The van der Waals surface area contributed by atoms with Crippen LogP contribution in [0.2, 0.25) is 0 Å². The molecule has 1 unspecified atom stereocenters. The standard InChI is InChI=1S/C16H19NO3/c1-12-5-6-15(10-13(12)4-2-3-8-18)17-16(19)14-7-9-20-11-14/h5-6,10,14,18H,3,7-9,11H2,1H3,(H,17,19). The number of hydrogen-bond donors (Lipinski definition) is 2. The SMILES string of the molecule is Cc1ccc(NC(=O)C2CCOC2)cc1C#CCCO. The molecule has 20 heavy (non-hydrogen) atoms. The number of ether oxygens (including phenoxy) is 1. The molecule has 0 saturated carbocycles. The maximum absolute atomic E-state index is 12.0. The van der Waals surface area contributed by atoms with Crippen LogP contribution in [0, 0.1) is 24.7 Å². The van der Waals surface area contributed by atoms with Crippen LogP contribution in [-0.4, -0.2) is 30.8 Å². The van der Waals surface area contributed by atoms with Gasteiger partial charge in [-0.2, -0.15) is 0 Å². The van der Waals surface area contributed by atoms with E-state index in [2.05, 4.69) is 17.2 Å².